The number of hydrogen-bond donors (Lipinski definition) is 2. The normalized spacial score (nSPS) is 15.3. The summed E-state index contributed by atoms with van der Waals surface area (Å²) in [7, 11) is 0. The van der Waals surface area contributed by atoms with Gasteiger partial charge in [-0.25, -0.2) is 0 Å². The average Bonchev–Trinajstić information content (AvgIpc) is 2.38. The van der Waals surface area contributed by atoms with Crippen molar-refractivity contribution in [3.63, 3.8) is 0 Å². The fourth-order valence-electron chi connectivity index (χ4n) is 2.94. The van der Waals surface area contributed by atoms with Crippen molar-refractivity contribution < 1.29 is 0 Å². The van der Waals surface area contributed by atoms with Gasteiger partial charge in [-0.1, -0.05) is 18.2 Å². The summed E-state index contributed by atoms with van der Waals surface area (Å²) in [5, 5.41) is 3.61. The highest BCUT2D eigenvalue weighted by atomic mass is 14.9. The smallest absolute Gasteiger partial charge is 0.0137 e. The molecule has 0 aliphatic heterocycles. The van der Waals surface area contributed by atoms with Gasteiger partial charge in [0.2, 0.25) is 0 Å². The van der Waals surface area contributed by atoms with E-state index in [1.165, 1.54) is 31.2 Å². The second-order valence-electron chi connectivity index (χ2n) is 6.41. The first-order valence-corrected chi connectivity index (χ1v) is 7.66. The summed E-state index contributed by atoms with van der Waals surface area (Å²) in [6.45, 7) is 6.24. The fourth-order valence-corrected chi connectivity index (χ4v) is 2.94. The van der Waals surface area contributed by atoms with Gasteiger partial charge in [0, 0.05) is 5.54 Å². The van der Waals surface area contributed by atoms with Crippen LogP contribution >= 0.6 is 0 Å². The van der Waals surface area contributed by atoms with E-state index in [0.717, 1.165) is 25.9 Å². The molecule has 0 spiro atoms. The van der Waals surface area contributed by atoms with Crippen molar-refractivity contribution in [1.82, 2.24) is 5.32 Å². The summed E-state index contributed by atoms with van der Waals surface area (Å²) in [4.78, 5) is 0. The molecule has 2 rings (SSSR count). The molecule has 0 amide bonds. The van der Waals surface area contributed by atoms with E-state index in [9.17, 15) is 0 Å². The molecule has 1 aliphatic carbocycles. The molecule has 2 nitrogen and oxygen atoms in total. The Morgan fingerprint density at radius 2 is 1.89 bits per heavy atom. The Morgan fingerprint density at radius 1 is 1.16 bits per heavy atom. The van der Waals surface area contributed by atoms with E-state index in [1.54, 1.807) is 11.1 Å². The van der Waals surface area contributed by atoms with E-state index >= 15 is 0 Å². The SMILES string of the molecule is CC(C)(CCN)NCCc1ccc2c(c1)CCCC2. The number of hydrogen-bond acceptors (Lipinski definition) is 2. The second kappa shape index (κ2) is 6.53. The third-order valence-electron chi connectivity index (χ3n) is 4.20. The van der Waals surface area contributed by atoms with Crippen molar-refractivity contribution in [3.05, 3.63) is 34.9 Å². The molecule has 1 aromatic carbocycles. The van der Waals surface area contributed by atoms with Gasteiger partial charge in [-0.3, -0.25) is 0 Å². The van der Waals surface area contributed by atoms with Gasteiger partial charge in [-0.15, -0.1) is 0 Å². The van der Waals surface area contributed by atoms with Gasteiger partial charge in [-0.05, 0) is 82.2 Å². The first-order valence-electron chi connectivity index (χ1n) is 7.66. The molecule has 0 aromatic heterocycles. The number of fused-ring (bicyclic) bond motifs is 1. The maximum absolute atomic E-state index is 5.63. The van der Waals surface area contributed by atoms with E-state index in [2.05, 4.69) is 37.4 Å². The van der Waals surface area contributed by atoms with Gasteiger partial charge >= 0.3 is 0 Å². The molecule has 0 fully saturated rings. The van der Waals surface area contributed by atoms with Crippen molar-refractivity contribution in [3.8, 4) is 0 Å². The van der Waals surface area contributed by atoms with E-state index in [4.69, 9.17) is 5.73 Å². The Balaban J connectivity index is 1.86. The number of nitrogens with two attached hydrogens (primary N) is 1. The number of rotatable bonds is 6. The zero-order valence-electron chi connectivity index (χ0n) is 12.5. The highest BCUT2D eigenvalue weighted by Crippen LogP contribution is 2.22. The Bertz CT molecular complexity index is 410. The quantitative estimate of drug-likeness (QED) is 0.825. The topological polar surface area (TPSA) is 38.0 Å². The number of nitrogens with one attached hydrogen (secondary N) is 1. The van der Waals surface area contributed by atoms with Crippen LogP contribution in [-0.2, 0) is 19.3 Å². The summed E-state index contributed by atoms with van der Waals surface area (Å²) in [6, 6.07) is 7.07. The molecule has 3 N–H and O–H groups in total. The first kappa shape index (κ1) is 14.5. The van der Waals surface area contributed by atoms with Crippen LogP contribution in [-0.4, -0.2) is 18.6 Å². The highest BCUT2D eigenvalue weighted by molar-refractivity contribution is 5.33. The van der Waals surface area contributed by atoms with Crippen LogP contribution < -0.4 is 11.1 Å². The van der Waals surface area contributed by atoms with Crippen molar-refractivity contribution in [1.29, 1.82) is 0 Å². The third-order valence-corrected chi connectivity index (χ3v) is 4.20. The lowest BCUT2D eigenvalue weighted by Crippen LogP contribution is -2.42. The van der Waals surface area contributed by atoms with Gasteiger partial charge in [-0.2, -0.15) is 0 Å². The summed E-state index contributed by atoms with van der Waals surface area (Å²) in [5.74, 6) is 0. The third kappa shape index (κ3) is 4.32. The van der Waals surface area contributed by atoms with Crippen LogP contribution in [0.5, 0.6) is 0 Å². The van der Waals surface area contributed by atoms with E-state index in [1.807, 2.05) is 0 Å². The minimum atomic E-state index is 0.156. The molecule has 0 saturated carbocycles. The zero-order valence-corrected chi connectivity index (χ0v) is 12.5. The van der Waals surface area contributed by atoms with Crippen molar-refractivity contribution in [2.24, 2.45) is 5.73 Å². The van der Waals surface area contributed by atoms with E-state index < -0.39 is 0 Å². The zero-order chi connectivity index (χ0) is 13.7. The van der Waals surface area contributed by atoms with Crippen LogP contribution in [0.2, 0.25) is 0 Å². The van der Waals surface area contributed by atoms with Crippen molar-refractivity contribution >= 4 is 0 Å². The number of benzene rings is 1. The monoisotopic (exact) mass is 260 g/mol. The minimum absolute atomic E-state index is 0.156. The molecule has 0 bridgehead atoms. The molecule has 1 aliphatic rings. The molecular weight excluding hydrogens is 232 g/mol. The van der Waals surface area contributed by atoms with E-state index in [0.29, 0.717) is 0 Å². The highest BCUT2D eigenvalue weighted by Gasteiger charge is 2.15. The van der Waals surface area contributed by atoms with Gasteiger partial charge in [0.15, 0.2) is 0 Å². The minimum Gasteiger partial charge on any atom is -0.330 e. The Hall–Kier alpha value is -0.860. The summed E-state index contributed by atoms with van der Waals surface area (Å²) >= 11 is 0. The van der Waals surface area contributed by atoms with Gasteiger partial charge in [0.1, 0.15) is 0 Å². The number of aryl methyl sites for hydroxylation is 2. The predicted octanol–water partition coefficient (Wildman–Crippen LogP) is 2.82. The van der Waals surface area contributed by atoms with Crippen molar-refractivity contribution in [2.75, 3.05) is 13.1 Å². The molecule has 2 heteroatoms. The van der Waals surface area contributed by atoms with Gasteiger partial charge in [0.05, 0.1) is 0 Å². The Morgan fingerprint density at radius 3 is 2.63 bits per heavy atom. The maximum Gasteiger partial charge on any atom is 0.0137 e. The van der Waals surface area contributed by atoms with Gasteiger partial charge < -0.3 is 11.1 Å². The summed E-state index contributed by atoms with van der Waals surface area (Å²) < 4.78 is 0. The fraction of sp³-hybridized carbons (Fsp3) is 0.647. The molecule has 106 valence electrons. The summed E-state index contributed by atoms with van der Waals surface area (Å²) in [6.07, 6.45) is 7.41. The average molecular weight is 260 g/mol. The van der Waals surface area contributed by atoms with Crippen LogP contribution in [0.4, 0.5) is 0 Å². The Labute approximate surface area is 117 Å². The van der Waals surface area contributed by atoms with Crippen molar-refractivity contribution in [2.45, 2.75) is 57.9 Å². The molecule has 0 unspecified atom stereocenters. The lowest BCUT2D eigenvalue weighted by atomic mass is 9.90. The molecule has 19 heavy (non-hydrogen) atoms. The second-order valence-corrected chi connectivity index (χ2v) is 6.41. The summed E-state index contributed by atoms with van der Waals surface area (Å²) in [5.41, 5.74) is 10.4. The van der Waals surface area contributed by atoms with Crippen LogP contribution in [0.3, 0.4) is 0 Å². The molecule has 0 radical (unpaired) electrons. The first-order chi connectivity index (χ1) is 9.11. The van der Waals surface area contributed by atoms with E-state index in [-0.39, 0.29) is 5.54 Å². The lowest BCUT2D eigenvalue weighted by Gasteiger charge is -2.26. The van der Waals surface area contributed by atoms with Crippen LogP contribution in [0.25, 0.3) is 0 Å². The lowest BCUT2D eigenvalue weighted by molar-refractivity contribution is 0.370. The largest absolute Gasteiger partial charge is 0.330 e. The molecule has 0 atom stereocenters. The molecule has 1 aromatic rings. The predicted molar refractivity (Wildman–Crippen MR) is 82.5 cm³/mol. The van der Waals surface area contributed by atoms with Crippen LogP contribution in [0, 0.1) is 0 Å². The van der Waals surface area contributed by atoms with Crippen LogP contribution in [0.15, 0.2) is 18.2 Å². The molecule has 0 heterocycles. The molecular formula is C17H28N2. The maximum atomic E-state index is 5.63. The Kier molecular flexibility index (Phi) is 5.00. The van der Waals surface area contributed by atoms with Gasteiger partial charge in [0.25, 0.3) is 0 Å². The standard InChI is InChI=1S/C17H28N2/c1-17(2,10-11-18)19-12-9-14-7-8-15-5-3-4-6-16(15)13-14/h7-8,13,19H,3-6,9-12,18H2,1-2H3. The van der Waals surface area contributed by atoms with Crippen LogP contribution in [0.1, 0.15) is 49.8 Å². The molecule has 0 saturated heterocycles.